The summed E-state index contributed by atoms with van der Waals surface area (Å²) in [5, 5.41) is 0. The fourth-order valence-corrected chi connectivity index (χ4v) is 5.63. The van der Waals surface area contributed by atoms with Crippen molar-refractivity contribution in [1.29, 1.82) is 0 Å². The molecule has 0 unspecified atom stereocenters. The Kier molecular flexibility index (Phi) is 7.18. The van der Waals surface area contributed by atoms with E-state index in [2.05, 4.69) is 17.0 Å². The second-order valence-corrected chi connectivity index (χ2v) is 9.49. The molecular weight excluding hydrogens is 462 g/mol. The fourth-order valence-electron chi connectivity index (χ4n) is 5.63. The molecule has 5 nitrogen and oxygen atoms in total. The van der Waals surface area contributed by atoms with Crippen molar-refractivity contribution in [2.45, 2.75) is 24.9 Å². The molecule has 2 heterocycles. The summed E-state index contributed by atoms with van der Waals surface area (Å²) >= 11 is 0. The fraction of sp³-hybridized carbons (Fsp3) is 0.345. The number of benzene rings is 3. The van der Waals surface area contributed by atoms with E-state index in [1.165, 1.54) is 17.7 Å². The number of fused-ring (bicyclic) bond motifs is 1. The van der Waals surface area contributed by atoms with Gasteiger partial charge in [0.25, 0.3) is 5.91 Å². The molecule has 2 aliphatic heterocycles. The van der Waals surface area contributed by atoms with Gasteiger partial charge in [0, 0.05) is 44.1 Å². The van der Waals surface area contributed by atoms with Gasteiger partial charge in [-0.3, -0.25) is 9.69 Å². The molecule has 2 saturated heterocycles. The molecule has 0 saturated carbocycles. The molecule has 2 fully saturated rings. The smallest absolute Gasteiger partial charge is 0.260 e. The molecule has 188 valence electrons. The SMILES string of the molecule is COc1ccccc1OCC(=O)N1CC[C@H]2[C@@H](C1)[C@H](c1ccc(F)c(F)c1)CN2Cc1ccccc1. The number of hydrogen-bond donors (Lipinski definition) is 0. The van der Waals surface area contributed by atoms with Crippen LogP contribution < -0.4 is 9.47 Å². The molecule has 3 atom stereocenters. The number of carbonyl (C=O) groups excluding carboxylic acids is 1. The van der Waals surface area contributed by atoms with Gasteiger partial charge < -0.3 is 14.4 Å². The number of likely N-dealkylation sites (tertiary alicyclic amines) is 2. The maximum absolute atomic E-state index is 14.1. The van der Waals surface area contributed by atoms with E-state index in [1.54, 1.807) is 25.3 Å². The number of methoxy groups -OCH3 is 1. The van der Waals surface area contributed by atoms with Crippen LogP contribution in [0, 0.1) is 17.6 Å². The summed E-state index contributed by atoms with van der Waals surface area (Å²) in [6.45, 7) is 2.61. The van der Waals surface area contributed by atoms with Crippen LogP contribution in [0.2, 0.25) is 0 Å². The number of para-hydroxylation sites is 2. The Bertz CT molecular complexity index is 1210. The molecule has 0 aromatic heterocycles. The molecule has 0 aliphatic carbocycles. The van der Waals surface area contributed by atoms with Crippen LogP contribution in [0.3, 0.4) is 0 Å². The van der Waals surface area contributed by atoms with E-state index in [0.717, 1.165) is 25.1 Å². The Morgan fingerprint density at radius 2 is 1.69 bits per heavy atom. The molecule has 2 aliphatic rings. The predicted octanol–water partition coefficient (Wildman–Crippen LogP) is 4.87. The van der Waals surface area contributed by atoms with Crippen LogP contribution in [0.15, 0.2) is 72.8 Å². The van der Waals surface area contributed by atoms with Gasteiger partial charge in [-0.05, 0) is 41.8 Å². The van der Waals surface area contributed by atoms with Crippen LogP contribution >= 0.6 is 0 Å². The molecule has 0 spiro atoms. The first-order chi connectivity index (χ1) is 17.5. The van der Waals surface area contributed by atoms with Crippen LogP contribution in [0.5, 0.6) is 11.5 Å². The van der Waals surface area contributed by atoms with Gasteiger partial charge in [0.1, 0.15) is 0 Å². The standard InChI is InChI=1S/C29H30F2N2O3/c1-35-27-9-5-6-10-28(27)36-19-29(34)32-14-13-26-23(18-32)22(21-11-12-24(30)25(31)15-21)17-33(26)16-20-7-3-2-4-8-20/h2-12,15,22-23,26H,13-14,16-19H2,1H3/t22-,23-,26-/m0/s1. The van der Waals surface area contributed by atoms with Gasteiger partial charge in [0.15, 0.2) is 29.7 Å². The van der Waals surface area contributed by atoms with Gasteiger partial charge in [-0.1, -0.05) is 48.5 Å². The second-order valence-electron chi connectivity index (χ2n) is 9.49. The number of nitrogens with zero attached hydrogens (tertiary/aromatic N) is 2. The summed E-state index contributed by atoms with van der Waals surface area (Å²) in [5.41, 5.74) is 1.99. The number of rotatable bonds is 7. The van der Waals surface area contributed by atoms with Gasteiger partial charge in [0.05, 0.1) is 7.11 Å². The molecule has 3 aromatic rings. The molecule has 0 radical (unpaired) electrons. The van der Waals surface area contributed by atoms with Crippen molar-refractivity contribution in [1.82, 2.24) is 9.80 Å². The Labute approximate surface area is 210 Å². The second kappa shape index (κ2) is 10.7. The third-order valence-corrected chi connectivity index (χ3v) is 7.41. The first-order valence-electron chi connectivity index (χ1n) is 12.3. The van der Waals surface area contributed by atoms with E-state index in [-0.39, 0.29) is 30.4 Å². The quantitative estimate of drug-likeness (QED) is 0.472. The normalized spacial score (nSPS) is 21.8. The minimum absolute atomic E-state index is 0.000419. The Morgan fingerprint density at radius 1 is 0.944 bits per heavy atom. The van der Waals surface area contributed by atoms with Gasteiger partial charge >= 0.3 is 0 Å². The highest BCUT2D eigenvalue weighted by Gasteiger charge is 2.46. The summed E-state index contributed by atoms with van der Waals surface area (Å²) in [5.74, 6) is -0.553. The average molecular weight is 493 g/mol. The molecule has 36 heavy (non-hydrogen) atoms. The summed E-state index contributed by atoms with van der Waals surface area (Å²) in [7, 11) is 1.56. The van der Waals surface area contributed by atoms with Crippen molar-refractivity contribution < 1.29 is 23.0 Å². The maximum atomic E-state index is 14.1. The van der Waals surface area contributed by atoms with Crippen molar-refractivity contribution in [2.75, 3.05) is 33.4 Å². The highest BCUT2D eigenvalue weighted by atomic mass is 19.2. The number of ether oxygens (including phenoxy) is 2. The summed E-state index contributed by atoms with van der Waals surface area (Å²) in [4.78, 5) is 17.4. The summed E-state index contributed by atoms with van der Waals surface area (Å²) < 4.78 is 38.9. The van der Waals surface area contributed by atoms with Gasteiger partial charge in [-0.2, -0.15) is 0 Å². The lowest BCUT2D eigenvalue weighted by atomic mass is 9.81. The number of piperidine rings is 1. The zero-order valence-corrected chi connectivity index (χ0v) is 20.3. The lowest BCUT2D eigenvalue weighted by Gasteiger charge is -2.39. The van der Waals surface area contributed by atoms with Crippen LogP contribution in [0.25, 0.3) is 0 Å². The third-order valence-electron chi connectivity index (χ3n) is 7.41. The van der Waals surface area contributed by atoms with E-state index in [0.29, 0.717) is 24.6 Å². The Hall–Kier alpha value is -3.45. The lowest BCUT2D eigenvalue weighted by Crippen LogP contribution is -2.49. The molecule has 0 N–H and O–H groups in total. The molecule has 0 bridgehead atoms. The van der Waals surface area contributed by atoms with Crippen LogP contribution in [0.4, 0.5) is 8.78 Å². The predicted molar refractivity (Wildman–Crippen MR) is 133 cm³/mol. The largest absolute Gasteiger partial charge is 0.493 e. The van der Waals surface area contributed by atoms with E-state index in [9.17, 15) is 13.6 Å². The van der Waals surface area contributed by atoms with E-state index < -0.39 is 11.6 Å². The zero-order chi connectivity index (χ0) is 25.1. The molecule has 7 heteroatoms. The minimum Gasteiger partial charge on any atom is -0.493 e. The van der Waals surface area contributed by atoms with Crippen molar-refractivity contribution in [3.8, 4) is 11.5 Å². The highest BCUT2D eigenvalue weighted by molar-refractivity contribution is 5.78. The van der Waals surface area contributed by atoms with E-state index >= 15 is 0 Å². The van der Waals surface area contributed by atoms with Gasteiger partial charge in [-0.25, -0.2) is 8.78 Å². The summed E-state index contributed by atoms with van der Waals surface area (Å²) in [6, 6.07) is 21.9. The highest BCUT2D eigenvalue weighted by Crippen LogP contribution is 2.42. The van der Waals surface area contributed by atoms with Gasteiger partial charge in [0.2, 0.25) is 0 Å². The average Bonchev–Trinajstić information content (AvgIpc) is 3.27. The van der Waals surface area contributed by atoms with E-state index in [1.807, 2.05) is 35.2 Å². The first-order valence-corrected chi connectivity index (χ1v) is 12.3. The van der Waals surface area contributed by atoms with Crippen LogP contribution in [0.1, 0.15) is 23.5 Å². The Morgan fingerprint density at radius 3 is 2.44 bits per heavy atom. The number of carbonyl (C=O) groups is 1. The molecular formula is C29H30F2N2O3. The monoisotopic (exact) mass is 492 g/mol. The molecule has 1 amide bonds. The van der Waals surface area contributed by atoms with Gasteiger partial charge in [-0.15, -0.1) is 0 Å². The van der Waals surface area contributed by atoms with Crippen molar-refractivity contribution >= 4 is 5.91 Å². The molecule has 5 rings (SSSR count). The van der Waals surface area contributed by atoms with Crippen LogP contribution in [-0.2, 0) is 11.3 Å². The molecule has 3 aromatic carbocycles. The Balaban J connectivity index is 1.33. The van der Waals surface area contributed by atoms with Crippen molar-refractivity contribution in [3.05, 3.63) is 95.6 Å². The first kappa shape index (κ1) is 24.3. The minimum atomic E-state index is -0.844. The third kappa shape index (κ3) is 5.07. The zero-order valence-electron chi connectivity index (χ0n) is 20.3. The lowest BCUT2D eigenvalue weighted by molar-refractivity contribution is -0.135. The maximum Gasteiger partial charge on any atom is 0.260 e. The number of hydrogen-bond acceptors (Lipinski definition) is 4. The number of halogens is 2. The summed E-state index contributed by atoms with van der Waals surface area (Å²) in [6.07, 6.45) is 0.818. The van der Waals surface area contributed by atoms with E-state index in [4.69, 9.17) is 9.47 Å². The van der Waals surface area contributed by atoms with Crippen molar-refractivity contribution in [3.63, 3.8) is 0 Å². The van der Waals surface area contributed by atoms with Crippen molar-refractivity contribution in [2.24, 2.45) is 5.92 Å². The van der Waals surface area contributed by atoms with Crippen LogP contribution in [-0.4, -0.2) is 55.1 Å². The topological polar surface area (TPSA) is 42.0 Å². The number of amides is 1.